The topological polar surface area (TPSA) is 152 Å². The van der Waals surface area contributed by atoms with Crippen LogP contribution in [0.25, 0.3) is 11.1 Å². The van der Waals surface area contributed by atoms with Crippen molar-refractivity contribution in [2.24, 2.45) is 0 Å². The highest BCUT2D eigenvalue weighted by Gasteiger charge is 2.23. The van der Waals surface area contributed by atoms with Crippen LogP contribution in [-0.4, -0.2) is 65.8 Å². The van der Waals surface area contributed by atoms with Crippen molar-refractivity contribution in [3.8, 4) is 16.9 Å². The molecular weight excluding hydrogens is 653 g/mol. The minimum Gasteiger partial charge on any atom is -0.506 e. The predicted molar refractivity (Wildman–Crippen MR) is 198 cm³/mol. The van der Waals surface area contributed by atoms with E-state index in [4.69, 9.17) is 4.74 Å². The molecule has 1 aliphatic heterocycles. The Morgan fingerprint density at radius 3 is 2.37 bits per heavy atom. The van der Waals surface area contributed by atoms with Crippen molar-refractivity contribution in [1.82, 2.24) is 10.2 Å². The van der Waals surface area contributed by atoms with Gasteiger partial charge in [0.05, 0.1) is 17.5 Å². The number of carbonyl (C=O) groups excluding carboxylic acids is 3. The fourth-order valence-electron chi connectivity index (χ4n) is 6.08. The number of ether oxygens (including phenoxy) is 1. The molecule has 0 radical (unpaired) electrons. The number of halogens is 1. The molecule has 270 valence electrons. The van der Waals surface area contributed by atoms with Crippen molar-refractivity contribution in [3.63, 3.8) is 0 Å². The second-order valence-electron chi connectivity index (χ2n) is 12.6. The standard InChI is InChI=1S/C39H45N5O6.FH/c1-26-21-34(27(2)20-30(26)23-40-24-37(47)29-12-13-36(46)35(22-29)41-25-45)42-38(48)16-19-44-17-14-31(15-18-44)50-39(49)43-33-11-7-6-10-32(33)28-8-4-3-5-9-28;/h3-13,20-22,25,31,37,40,46-47H,14-19,23-24H2,1-2H3,(H,41,45)(H,42,48)(H,43,49);1H/t37-;/m0./s1. The van der Waals surface area contributed by atoms with Gasteiger partial charge in [0.2, 0.25) is 12.3 Å². The number of para-hydroxylation sites is 1. The van der Waals surface area contributed by atoms with Crippen LogP contribution in [0.2, 0.25) is 0 Å². The first kappa shape index (κ1) is 38.5. The first-order chi connectivity index (χ1) is 24.2. The molecule has 0 bridgehead atoms. The predicted octanol–water partition coefficient (Wildman–Crippen LogP) is 6.26. The van der Waals surface area contributed by atoms with Gasteiger partial charge in [-0.25, -0.2) is 4.79 Å². The first-order valence-corrected chi connectivity index (χ1v) is 16.9. The van der Waals surface area contributed by atoms with E-state index in [2.05, 4.69) is 26.2 Å². The molecule has 1 aliphatic rings. The number of piperidine rings is 1. The normalized spacial score (nSPS) is 13.8. The number of aliphatic hydroxyl groups is 1. The van der Waals surface area contributed by atoms with E-state index in [1.165, 1.54) is 12.1 Å². The Bertz CT molecular complexity index is 1780. The van der Waals surface area contributed by atoms with Crippen molar-refractivity contribution in [2.45, 2.75) is 51.9 Å². The van der Waals surface area contributed by atoms with Crippen molar-refractivity contribution in [2.75, 3.05) is 42.1 Å². The molecule has 11 nitrogen and oxygen atoms in total. The number of benzene rings is 4. The summed E-state index contributed by atoms with van der Waals surface area (Å²) in [6.45, 7) is 6.81. The van der Waals surface area contributed by atoms with Crippen LogP contribution in [0.3, 0.4) is 0 Å². The average Bonchev–Trinajstić information content (AvgIpc) is 3.11. The highest BCUT2D eigenvalue weighted by Crippen LogP contribution is 2.29. The molecular formula is C39H46FN5O6. The van der Waals surface area contributed by atoms with Gasteiger partial charge in [-0.3, -0.25) is 19.6 Å². The second kappa shape index (κ2) is 18.6. The number of nitrogens with one attached hydrogen (secondary N) is 4. The molecule has 4 aromatic rings. The van der Waals surface area contributed by atoms with Gasteiger partial charge in [0.1, 0.15) is 11.9 Å². The smallest absolute Gasteiger partial charge is 0.411 e. The van der Waals surface area contributed by atoms with Crippen LogP contribution in [0.5, 0.6) is 5.75 Å². The highest BCUT2D eigenvalue weighted by molar-refractivity contribution is 5.92. The van der Waals surface area contributed by atoms with E-state index in [9.17, 15) is 24.6 Å². The van der Waals surface area contributed by atoms with Crippen molar-refractivity contribution < 1.29 is 34.0 Å². The molecule has 1 heterocycles. The van der Waals surface area contributed by atoms with E-state index >= 15 is 0 Å². The third-order valence-corrected chi connectivity index (χ3v) is 8.94. The minimum absolute atomic E-state index is 0. The second-order valence-corrected chi connectivity index (χ2v) is 12.6. The Balaban J connectivity index is 0.00000583. The summed E-state index contributed by atoms with van der Waals surface area (Å²) in [7, 11) is 0. The number of phenols is 1. The van der Waals surface area contributed by atoms with E-state index in [1.807, 2.05) is 80.6 Å². The number of anilines is 3. The molecule has 3 amide bonds. The Hall–Kier alpha value is -5.30. The number of hydrogen-bond donors (Lipinski definition) is 6. The van der Waals surface area contributed by atoms with Crippen LogP contribution >= 0.6 is 0 Å². The summed E-state index contributed by atoms with van der Waals surface area (Å²) in [4.78, 5) is 38.6. The largest absolute Gasteiger partial charge is 0.506 e. The lowest BCUT2D eigenvalue weighted by molar-refractivity contribution is -0.116. The molecule has 0 saturated carbocycles. The van der Waals surface area contributed by atoms with Gasteiger partial charge in [-0.2, -0.15) is 0 Å². The molecule has 0 spiro atoms. The fraction of sp³-hybridized carbons (Fsp3) is 0.308. The SMILES string of the molecule is Cc1cc(NC(=O)CCN2CCC(OC(=O)Nc3ccccc3-c3ccccc3)CC2)c(C)cc1CNC[C@H](O)c1ccc(O)c(NC=O)c1.F. The lowest BCUT2D eigenvalue weighted by atomic mass is 10.0. The van der Waals surface area contributed by atoms with Crippen LogP contribution in [-0.2, 0) is 20.9 Å². The van der Waals surface area contributed by atoms with Crippen LogP contribution < -0.4 is 21.3 Å². The number of nitrogens with zero attached hydrogens (tertiary/aromatic N) is 1. The Kier molecular flexibility index (Phi) is 14.1. The molecule has 0 unspecified atom stereocenters. The number of aromatic hydroxyl groups is 1. The van der Waals surface area contributed by atoms with Gasteiger partial charge >= 0.3 is 6.09 Å². The molecule has 0 aromatic heterocycles. The van der Waals surface area contributed by atoms with Crippen LogP contribution in [0, 0.1) is 13.8 Å². The lowest BCUT2D eigenvalue weighted by Crippen LogP contribution is -2.39. The van der Waals surface area contributed by atoms with Gasteiger partial charge in [0.25, 0.3) is 0 Å². The zero-order valence-corrected chi connectivity index (χ0v) is 28.9. The zero-order valence-electron chi connectivity index (χ0n) is 28.9. The maximum absolute atomic E-state index is 12.9. The Labute approximate surface area is 297 Å². The Morgan fingerprint density at radius 2 is 1.63 bits per heavy atom. The summed E-state index contributed by atoms with van der Waals surface area (Å²) in [5.41, 5.74) is 7.20. The van der Waals surface area contributed by atoms with Crippen molar-refractivity contribution in [1.29, 1.82) is 0 Å². The fourth-order valence-corrected chi connectivity index (χ4v) is 6.08. The summed E-state index contributed by atoms with van der Waals surface area (Å²) < 4.78 is 5.75. The quantitative estimate of drug-likeness (QED) is 0.0667. The Morgan fingerprint density at radius 1 is 0.902 bits per heavy atom. The van der Waals surface area contributed by atoms with E-state index in [-0.39, 0.29) is 34.7 Å². The molecule has 6 N–H and O–H groups in total. The van der Waals surface area contributed by atoms with Crippen LogP contribution in [0.1, 0.15) is 47.6 Å². The minimum atomic E-state index is -0.839. The number of aryl methyl sites for hydroxylation is 2. The van der Waals surface area contributed by atoms with Gasteiger partial charge in [-0.05, 0) is 78.8 Å². The van der Waals surface area contributed by atoms with Gasteiger partial charge in [-0.15, -0.1) is 0 Å². The number of phenolic OH excluding ortho intramolecular Hbond substituents is 1. The number of rotatable bonds is 14. The van der Waals surface area contributed by atoms with Crippen LogP contribution in [0.4, 0.5) is 26.6 Å². The number of likely N-dealkylation sites (tertiary alicyclic amines) is 1. The maximum atomic E-state index is 12.9. The van der Waals surface area contributed by atoms with E-state index < -0.39 is 12.2 Å². The summed E-state index contributed by atoms with van der Waals surface area (Å²) >= 11 is 0. The average molecular weight is 700 g/mol. The summed E-state index contributed by atoms with van der Waals surface area (Å²) in [6.07, 6.45) is 0.739. The van der Waals surface area contributed by atoms with Gasteiger partial charge in [0.15, 0.2) is 0 Å². The lowest BCUT2D eigenvalue weighted by Gasteiger charge is -2.31. The third-order valence-electron chi connectivity index (χ3n) is 8.94. The molecule has 5 rings (SSSR count). The summed E-state index contributed by atoms with van der Waals surface area (Å²) in [5, 5.41) is 32.1. The van der Waals surface area contributed by atoms with Crippen molar-refractivity contribution >= 4 is 35.5 Å². The van der Waals surface area contributed by atoms with Crippen molar-refractivity contribution in [3.05, 3.63) is 107 Å². The first-order valence-electron chi connectivity index (χ1n) is 16.9. The number of aliphatic hydroxyl groups excluding tert-OH is 1. The number of amides is 3. The molecule has 1 saturated heterocycles. The summed E-state index contributed by atoms with van der Waals surface area (Å²) in [5.74, 6) is -0.136. The molecule has 51 heavy (non-hydrogen) atoms. The highest BCUT2D eigenvalue weighted by atomic mass is 19.0. The van der Waals surface area contributed by atoms with E-state index in [1.54, 1.807) is 6.07 Å². The van der Waals surface area contributed by atoms with Crippen LogP contribution in [0.15, 0.2) is 84.9 Å². The maximum Gasteiger partial charge on any atom is 0.411 e. The molecule has 12 heteroatoms. The van der Waals surface area contributed by atoms with E-state index in [0.717, 1.165) is 46.6 Å². The van der Waals surface area contributed by atoms with Gasteiger partial charge in [-0.1, -0.05) is 60.7 Å². The summed E-state index contributed by atoms with van der Waals surface area (Å²) in [6, 6.07) is 26.1. The molecule has 1 fully saturated rings. The molecule has 4 aromatic carbocycles. The zero-order chi connectivity index (χ0) is 35.5. The number of hydrogen-bond acceptors (Lipinski definition) is 8. The van der Waals surface area contributed by atoms with Gasteiger partial charge in [0, 0.05) is 50.4 Å². The molecule has 0 aliphatic carbocycles. The third kappa shape index (κ3) is 10.8. The van der Waals surface area contributed by atoms with E-state index in [0.29, 0.717) is 50.0 Å². The molecule has 1 atom stereocenters. The van der Waals surface area contributed by atoms with Gasteiger partial charge < -0.3 is 35.8 Å². The number of carbonyl (C=O) groups is 3. The monoisotopic (exact) mass is 699 g/mol.